The zero-order valence-electron chi connectivity index (χ0n) is 10.2. The molecule has 0 heterocycles. The first-order valence-electron chi connectivity index (χ1n) is 5.50. The van der Waals surface area contributed by atoms with Crippen LogP contribution in [0.2, 0.25) is 0 Å². The van der Waals surface area contributed by atoms with Crippen molar-refractivity contribution in [3.05, 3.63) is 0 Å². The topological polar surface area (TPSA) is 99.3 Å². The molecule has 0 aliphatic carbocycles. The lowest BCUT2D eigenvalue weighted by Crippen LogP contribution is -2.49. The van der Waals surface area contributed by atoms with Crippen molar-refractivity contribution in [3.63, 3.8) is 0 Å². The van der Waals surface area contributed by atoms with Crippen LogP contribution in [0.5, 0.6) is 0 Å². The van der Waals surface area contributed by atoms with Gasteiger partial charge in [0.1, 0.15) is 5.84 Å². The van der Waals surface area contributed by atoms with E-state index < -0.39 is 16.3 Å². The molecule has 0 rings (SSSR count). The van der Waals surface area contributed by atoms with Gasteiger partial charge in [0.25, 0.3) is 10.2 Å². The molecule has 0 aromatic rings. The van der Waals surface area contributed by atoms with Gasteiger partial charge in [-0.25, -0.2) is 0 Å². The third-order valence-electron chi connectivity index (χ3n) is 2.29. The molecule has 6 nitrogen and oxygen atoms in total. The first-order valence-corrected chi connectivity index (χ1v) is 6.94. The standard InChI is InChI=1S/C9H22N4O2S/c1-4-7-8(9(10)11)12-16(14,15)13(5-2)6-3/h8,12H,4-7H2,1-3H3,(H3,10,11). The molecule has 0 aromatic carbocycles. The molecule has 0 aliphatic rings. The Kier molecular flexibility index (Phi) is 6.54. The van der Waals surface area contributed by atoms with Crippen molar-refractivity contribution in [2.24, 2.45) is 5.73 Å². The number of rotatable bonds is 8. The second-order valence-corrected chi connectivity index (χ2v) is 5.21. The number of nitrogens with one attached hydrogen (secondary N) is 2. The van der Waals surface area contributed by atoms with Crippen molar-refractivity contribution in [3.8, 4) is 0 Å². The maximum atomic E-state index is 11.8. The molecule has 0 saturated heterocycles. The SMILES string of the molecule is CCCC(NS(=O)(=O)N(CC)CC)C(=N)N. The summed E-state index contributed by atoms with van der Waals surface area (Å²) < 4.78 is 27.4. The van der Waals surface area contributed by atoms with E-state index in [1.807, 2.05) is 6.92 Å². The Hall–Kier alpha value is -0.660. The molecule has 0 saturated carbocycles. The highest BCUT2D eigenvalue weighted by molar-refractivity contribution is 7.87. The maximum Gasteiger partial charge on any atom is 0.280 e. The predicted molar refractivity (Wildman–Crippen MR) is 65.6 cm³/mol. The normalized spacial score (nSPS) is 14.0. The van der Waals surface area contributed by atoms with Gasteiger partial charge in [-0.3, -0.25) is 5.41 Å². The number of nitrogens with zero attached hydrogens (tertiary/aromatic N) is 1. The van der Waals surface area contributed by atoms with E-state index in [0.29, 0.717) is 19.5 Å². The van der Waals surface area contributed by atoms with Gasteiger partial charge in [-0.05, 0) is 6.42 Å². The average Bonchev–Trinajstić information content (AvgIpc) is 2.18. The summed E-state index contributed by atoms with van der Waals surface area (Å²) in [4.78, 5) is 0. The van der Waals surface area contributed by atoms with E-state index in [4.69, 9.17) is 11.1 Å². The van der Waals surface area contributed by atoms with Gasteiger partial charge < -0.3 is 5.73 Å². The lowest BCUT2D eigenvalue weighted by molar-refractivity contribution is 0.430. The molecule has 0 aliphatic heterocycles. The smallest absolute Gasteiger partial charge is 0.280 e. The summed E-state index contributed by atoms with van der Waals surface area (Å²) in [6.45, 7) is 6.27. The van der Waals surface area contributed by atoms with Crippen molar-refractivity contribution in [1.82, 2.24) is 9.03 Å². The van der Waals surface area contributed by atoms with Crippen LogP contribution in [0.4, 0.5) is 0 Å². The minimum Gasteiger partial charge on any atom is -0.386 e. The molecule has 0 fully saturated rings. The quantitative estimate of drug-likeness (QED) is 0.426. The number of amidine groups is 1. The molecule has 0 amide bonds. The summed E-state index contributed by atoms with van der Waals surface area (Å²) in [5.74, 6) is -0.141. The Morgan fingerprint density at radius 3 is 2.19 bits per heavy atom. The van der Waals surface area contributed by atoms with Crippen molar-refractivity contribution in [2.75, 3.05) is 13.1 Å². The second-order valence-electron chi connectivity index (χ2n) is 3.50. The largest absolute Gasteiger partial charge is 0.386 e. The third kappa shape index (κ3) is 4.46. The number of hydrogen-bond acceptors (Lipinski definition) is 3. The Balaban J connectivity index is 4.71. The van der Waals surface area contributed by atoms with Crippen molar-refractivity contribution >= 4 is 16.0 Å². The van der Waals surface area contributed by atoms with Crippen LogP contribution in [-0.2, 0) is 10.2 Å². The van der Waals surface area contributed by atoms with Gasteiger partial charge in [-0.1, -0.05) is 27.2 Å². The molecule has 0 aromatic heterocycles. The van der Waals surface area contributed by atoms with E-state index in [0.717, 1.165) is 6.42 Å². The monoisotopic (exact) mass is 250 g/mol. The van der Waals surface area contributed by atoms with Gasteiger partial charge in [-0.15, -0.1) is 0 Å². The molecule has 4 N–H and O–H groups in total. The zero-order valence-corrected chi connectivity index (χ0v) is 11.0. The zero-order chi connectivity index (χ0) is 12.8. The molecule has 0 bridgehead atoms. The second kappa shape index (κ2) is 6.82. The van der Waals surface area contributed by atoms with Crippen molar-refractivity contribution < 1.29 is 8.42 Å². The molecule has 0 spiro atoms. The minimum atomic E-state index is -3.53. The molecule has 16 heavy (non-hydrogen) atoms. The van der Waals surface area contributed by atoms with Crippen LogP contribution >= 0.6 is 0 Å². The van der Waals surface area contributed by atoms with Crippen LogP contribution in [0, 0.1) is 5.41 Å². The Morgan fingerprint density at radius 1 is 1.38 bits per heavy atom. The Bertz CT molecular complexity index is 311. The lowest BCUT2D eigenvalue weighted by Gasteiger charge is -2.23. The summed E-state index contributed by atoms with van der Waals surface area (Å²) in [7, 11) is -3.53. The highest BCUT2D eigenvalue weighted by atomic mass is 32.2. The number of nitrogens with two attached hydrogens (primary N) is 1. The van der Waals surface area contributed by atoms with E-state index in [1.54, 1.807) is 13.8 Å². The predicted octanol–water partition coefficient (Wildman–Crippen LogP) is 0.267. The fourth-order valence-corrected chi connectivity index (χ4v) is 2.82. The molecule has 7 heteroatoms. The van der Waals surface area contributed by atoms with Gasteiger partial charge >= 0.3 is 0 Å². The van der Waals surface area contributed by atoms with Gasteiger partial charge in [0, 0.05) is 13.1 Å². The van der Waals surface area contributed by atoms with Crippen LogP contribution in [0.3, 0.4) is 0 Å². The van der Waals surface area contributed by atoms with Crippen LogP contribution in [-0.4, -0.2) is 37.7 Å². The molecular weight excluding hydrogens is 228 g/mol. The van der Waals surface area contributed by atoms with Crippen LogP contribution in [0.1, 0.15) is 33.6 Å². The third-order valence-corrected chi connectivity index (χ3v) is 4.07. The summed E-state index contributed by atoms with van der Waals surface area (Å²) in [6.07, 6.45) is 1.31. The van der Waals surface area contributed by atoms with Crippen molar-refractivity contribution in [2.45, 2.75) is 39.7 Å². The highest BCUT2D eigenvalue weighted by Gasteiger charge is 2.23. The minimum absolute atomic E-state index is 0.141. The van der Waals surface area contributed by atoms with Gasteiger partial charge in [0.05, 0.1) is 6.04 Å². The molecular formula is C9H22N4O2S. The molecule has 96 valence electrons. The van der Waals surface area contributed by atoms with Crippen LogP contribution in [0.25, 0.3) is 0 Å². The fraction of sp³-hybridized carbons (Fsp3) is 0.889. The first-order chi connectivity index (χ1) is 7.38. The highest BCUT2D eigenvalue weighted by Crippen LogP contribution is 2.03. The number of hydrogen-bond donors (Lipinski definition) is 3. The van der Waals surface area contributed by atoms with Gasteiger partial charge in [-0.2, -0.15) is 17.4 Å². The Labute approximate surface area is 97.9 Å². The van der Waals surface area contributed by atoms with Gasteiger partial charge in [0.15, 0.2) is 0 Å². The summed E-state index contributed by atoms with van der Waals surface area (Å²) >= 11 is 0. The summed E-state index contributed by atoms with van der Waals surface area (Å²) in [6, 6.07) is -0.601. The first kappa shape index (κ1) is 15.3. The van der Waals surface area contributed by atoms with E-state index in [9.17, 15) is 8.42 Å². The van der Waals surface area contributed by atoms with Crippen LogP contribution in [0.15, 0.2) is 0 Å². The van der Waals surface area contributed by atoms with E-state index in [2.05, 4.69) is 4.72 Å². The van der Waals surface area contributed by atoms with E-state index in [1.165, 1.54) is 4.31 Å². The van der Waals surface area contributed by atoms with Gasteiger partial charge in [0.2, 0.25) is 0 Å². The van der Waals surface area contributed by atoms with E-state index >= 15 is 0 Å². The Morgan fingerprint density at radius 2 is 1.88 bits per heavy atom. The average molecular weight is 250 g/mol. The maximum absolute atomic E-state index is 11.8. The fourth-order valence-electron chi connectivity index (χ4n) is 1.38. The molecule has 1 unspecified atom stereocenters. The summed E-state index contributed by atoms with van der Waals surface area (Å²) in [5.41, 5.74) is 5.35. The van der Waals surface area contributed by atoms with Crippen molar-refractivity contribution in [1.29, 1.82) is 5.41 Å². The molecule has 0 radical (unpaired) electrons. The van der Waals surface area contributed by atoms with Crippen LogP contribution < -0.4 is 10.5 Å². The summed E-state index contributed by atoms with van der Waals surface area (Å²) in [5, 5.41) is 7.32. The lowest BCUT2D eigenvalue weighted by atomic mass is 10.2. The molecule has 1 atom stereocenters. The van der Waals surface area contributed by atoms with E-state index in [-0.39, 0.29) is 5.84 Å².